The predicted octanol–water partition coefficient (Wildman–Crippen LogP) is 4.80. The molecule has 1 aromatic heterocycles. The van der Waals surface area contributed by atoms with E-state index < -0.39 is 11.7 Å². The van der Waals surface area contributed by atoms with Gasteiger partial charge >= 0.3 is 0 Å². The molecule has 0 unspecified atom stereocenters. The first-order valence-electron chi connectivity index (χ1n) is 8.26. The van der Waals surface area contributed by atoms with Gasteiger partial charge in [0.1, 0.15) is 5.82 Å². The minimum absolute atomic E-state index is 0.223. The van der Waals surface area contributed by atoms with E-state index in [1.165, 1.54) is 18.2 Å². The topological polar surface area (TPSA) is 68.0 Å². The fourth-order valence-electron chi connectivity index (χ4n) is 2.64. The van der Waals surface area contributed by atoms with Crippen molar-refractivity contribution in [3.8, 4) is 22.8 Å². The molecule has 4 rings (SSSR count). The Kier molecular flexibility index (Phi) is 4.45. The normalized spacial score (nSPS) is 10.6. The first kappa shape index (κ1) is 16.7. The molecule has 0 radical (unpaired) electrons. The van der Waals surface area contributed by atoms with Crippen molar-refractivity contribution in [1.82, 2.24) is 10.1 Å². The third kappa shape index (κ3) is 3.59. The molecule has 6 heteroatoms. The zero-order chi connectivity index (χ0) is 18.6. The SMILES string of the molecule is O=C(Nc1ccccc1-c1nc(-c2ccccc2)no1)c1cccc(F)c1. The monoisotopic (exact) mass is 359 g/mol. The van der Waals surface area contributed by atoms with E-state index in [4.69, 9.17) is 4.52 Å². The van der Waals surface area contributed by atoms with Crippen molar-refractivity contribution in [2.45, 2.75) is 0 Å². The van der Waals surface area contributed by atoms with E-state index in [1.54, 1.807) is 30.3 Å². The lowest BCUT2D eigenvalue weighted by Gasteiger charge is -2.08. The van der Waals surface area contributed by atoms with Crippen molar-refractivity contribution in [3.05, 3.63) is 90.2 Å². The highest BCUT2D eigenvalue weighted by Gasteiger charge is 2.16. The van der Waals surface area contributed by atoms with E-state index in [1.807, 2.05) is 30.3 Å². The molecule has 0 atom stereocenters. The lowest BCUT2D eigenvalue weighted by atomic mass is 10.1. The first-order chi connectivity index (χ1) is 13.2. The van der Waals surface area contributed by atoms with Crippen LogP contribution in [0.4, 0.5) is 10.1 Å². The van der Waals surface area contributed by atoms with Crippen LogP contribution in [0.2, 0.25) is 0 Å². The summed E-state index contributed by atoms with van der Waals surface area (Å²) in [6.45, 7) is 0. The summed E-state index contributed by atoms with van der Waals surface area (Å²) < 4.78 is 18.7. The Morgan fingerprint density at radius 1 is 0.926 bits per heavy atom. The van der Waals surface area contributed by atoms with Crippen LogP contribution in [-0.2, 0) is 0 Å². The van der Waals surface area contributed by atoms with Crippen LogP contribution >= 0.6 is 0 Å². The van der Waals surface area contributed by atoms with Crippen LogP contribution in [0.1, 0.15) is 10.4 Å². The number of anilines is 1. The summed E-state index contributed by atoms with van der Waals surface area (Å²) in [6, 6.07) is 22.0. The maximum absolute atomic E-state index is 13.4. The summed E-state index contributed by atoms with van der Waals surface area (Å²) in [7, 11) is 0. The Hall–Kier alpha value is -3.80. The summed E-state index contributed by atoms with van der Waals surface area (Å²) in [4.78, 5) is 16.8. The number of rotatable bonds is 4. The molecule has 0 aliphatic carbocycles. The smallest absolute Gasteiger partial charge is 0.260 e. The van der Waals surface area contributed by atoms with E-state index in [9.17, 15) is 9.18 Å². The second-order valence-electron chi connectivity index (χ2n) is 5.80. The summed E-state index contributed by atoms with van der Waals surface area (Å²) >= 11 is 0. The summed E-state index contributed by atoms with van der Waals surface area (Å²) in [5.41, 5.74) is 2.13. The minimum Gasteiger partial charge on any atom is -0.334 e. The van der Waals surface area contributed by atoms with E-state index in [0.717, 1.165) is 5.56 Å². The molecule has 1 amide bonds. The van der Waals surface area contributed by atoms with Gasteiger partial charge in [-0.25, -0.2) is 4.39 Å². The molecule has 0 fully saturated rings. The molecule has 1 N–H and O–H groups in total. The standard InChI is InChI=1S/C21H14FN3O2/c22-16-10-6-9-15(13-16)20(26)23-18-12-5-4-11-17(18)21-24-19(25-27-21)14-7-2-1-3-8-14/h1-13H,(H,23,26). The lowest BCUT2D eigenvalue weighted by molar-refractivity contribution is 0.102. The lowest BCUT2D eigenvalue weighted by Crippen LogP contribution is -2.12. The van der Waals surface area contributed by atoms with Gasteiger partial charge in [-0.05, 0) is 30.3 Å². The quantitative estimate of drug-likeness (QED) is 0.568. The molecular weight excluding hydrogens is 345 g/mol. The molecular formula is C21H14FN3O2. The molecule has 5 nitrogen and oxygen atoms in total. The van der Waals surface area contributed by atoms with Gasteiger partial charge in [0.05, 0.1) is 11.3 Å². The van der Waals surface area contributed by atoms with Gasteiger partial charge in [0, 0.05) is 11.1 Å². The van der Waals surface area contributed by atoms with Crippen LogP contribution < -0.4 is 5.32 Å². The van der Waals surface area contributed by atoms with Gasteiger partial charge in [0.2, 0.25) is 5.82 Å². The second kappa shape index (κ2) is 7.21. The fourth-order valence-corrected chi connectivity index (χ4v) is 2.64. The largest absolute Gasteiger partial charge is 0.334 e. The van der Waals surface area contributed by atoms with Gasteiger partial charge in [-0.1, -0.05) is 53.7 Å². The number of aromatic nitrogens is 2. The summed E-state index contributed by atoms with van der Waals surface area (Å²) in [5, 5.41) is 6.77. The number of benzene rings is 3. The van der Waals surface area contributed by atoms with Gasteiger partial charge in [-0.3, -0.25) is 4.79 Å². The highest BCUT2D eigenvalue weighted by atomic mass is 19.1. The molecule has 0 saturated heterocycles. The highest BCUT2D eigenvalue weighted by molar-refractivity contribution is 6.06. The van der Waals surface area contributed by atoms with Crippen molar-refractivity contribution in [2.24, 2.45) is 0 Å². The van der Waals surface area contributed by atoms with E-state index >= 15 is 0 Å². The van der Waals surface area contributed by atoms with Crippen molar-refractivity contribution >= 4 is 11.6 Å². The van der Waals surface area contributed by atoms with Crippen molar-refractivity contribution in [3.63, 3.8) is 0 Å². The number of carbonyl (C=O) groups is 1. The fraction of sp³-hybridized carbons (Fsp3) is 0. The van der Waals surface area contributed by atoms with Crippen LogP contribution in [0.15, 0.2) is 83.4 Å². The van der Waals surface area contributed by atoms with E-state index in [-0.39, 0.29) is 11.5 Å². The van der Waals surface area contributed by atoms with Gasteiger partial charge in [0.25, 0.3) is 11.8 Å². The van der Waals surface area contributed by atoms with E-state index in [0.29, 0.717) is 17.1 Å². The maximum atomic E-state index is 13.4. The predicted molar refractivity (Wildman–Crippen MR) is 99.5 cm³/mol. The molecule has 27 heavy (non-hydrogen) atoms. The van der Waals surface area contributed by atoms with Gasteiger partial charge in [0.15, 0.2) is 0 Å². The molecule has 4 aromatic rings. The number of para-hydroxylation sites is 1. The molecule has 0 spiro atoms. The average molecular weight is 359 g/mol. The maximum Gasteiger partial charge on any atom is 0.260 e. The van der Waals surface area contributed by atoms with Crippen LogP contribution in [0, 0.1) is 5.82 Å². The Labute approximate surface area is 154 Å². The molecule has 0 aliphatic rings. The average Bonchev–Trinajstić information content (AvgIpc) is 3.19. The van der Waals surface area contributed by atoms with Crippen LogP contribution in [-0.4, -0.2) is 16.0 Å². The van der Waals surface area contributed by atoms with Gasteiger partial charge < -0.3 is 9.84 Å². The van der Waals surface area contributed by atoms with Gasteiger partial charge in [-0.15, -0.1) is 0 Å². The summed E-state index contributed by atoms with van der Waals surface area (Å²) in [5.74, 6) is -0.161. The molecule has 3 aromatic carbocycles. The first-order valence-corrected chi connectivity index (χ1v) is 8.26. The van der Waals surface area contributed by atoms with Crippen molar-refractivity contribution in [1.29, 1.82) is 0 Å². The summed E-state index contributed by atoms with van der Waals surface area (Å²) in [6.07, 6.45) is 0. The Balaban J connectivity index is 1.64. The number of amides is 1. The van der Waals surface area contributed by atoms with Crippen LogP contribution in [0.25, 0.3) is 22.8 Å². The number of hydrogen-bond donors (Lipinski definition) is 1. The number of nitrogens with one attached hydrogen (secondary N) is 1. The minimum atomic E-state index is -0.472. The molecule has 0 aliphatic heterocycles. The van der Waals surface area contributed by atoms with Gasteiger partial charge in [-0.2, -0.15) is 4.98 Å². The Bertz CT molecular complexity index is 1090. The van der Waals surface area contributed by atoms with Crippen LogP contribution in [0.5, 0.6) is 0 Å². The van der Waals surface area contributed by atoms with Crippen molar-refractivity contribution in [2.75, 3.05) is 5.32 Å². The Morgan fingerprint density at radius 3 is 2.52 bits per heavy atom. The Morgan fingerprint density at radius 2 is 1.70 bits per heavy atom. The third-order valence-electron chi connectivity index (χ3n) is 3.95. The van der Waals surface area contributed by atoms with Crippen LogP contribution in [0.3, 0.4) is 0 Å². The number of nitrogens with zero attached hydrogens (tertiary/aromatic N) is 2. The molecule has 132 valence electrons. The number of halogens is 1. The number of hydrogen-bond acceptors (Lipinski definition) is 4. The second-order valence-corrected chi connectivity index (χ2v) is 5.80. The molecule has 0 saturated carbocycles. The highest BCUT2D eigenvalue weighted by Crippen LogP contribution is 2.28. The zero-order valence-electron chi connectivity index (χ0n) is 14.1. The molecule has 1 heterocycles. The number of carbonyl (C=O) groups excluding carboxylic acids is 1. The van der Waals surface area contributed by atoms with Crippen molar-refractivity contribution < 1.29 is 13.7 Å². The van der Waals surface area contributed by atoms with E-state index in [2.05, 4.69) is 15.5 Å². The zero-order valence-corrected chi connectivity index (χ0v) is 14.1. The third-order valence-corrected chi connectivity index (χ3v) is 3.95. The molecule has 0 bridgehead atoms.